The van der Waals surface area contributed by atoms with Gasteiger partial charge in [-0.2, -0.15) is 0 Å². The van der Waals surface area contributed by atoms with Crippen molar-refractivity contribution in [2.75, 3.05) is 16.5 Å². The zero-order chi connectivity index (χ0) is 44.6. The van der Waals surface area contributed by atoms with Crippen LogP contribution < -0.4 is 14.5 Å². The molecule has 5 heteroatoms. The van der Waals surface area contributed by atoms with E-state index in [2.05, 4.69) is 239 Å². The lowest BCUT2D eigenvalue weighted by atomic mass is 9.79. The maximum absolute atomic E-state index is 6.97. The third-order valence-electron chi connectivity index (χ3n) is 12.7. The second-order valence-corrected chi connectivity index (χ2v) is 22.0. The number of benzene rings is 5. The van der Waals surface area contributed by atoms with Gasteiger partial charge in [-0.05, 0) is 98.0 Å². The van der Waals surface area contributed by atoms with Crippen molar-refractivity contribution in [3.8, 4) is 17.3 Å². The van der Waals surface area contributed by atoms with Crippen LogP contribution in [0.1, 0.15) is 125 Å². The summed E-state index contributed by atoms with van der Waals surface area (Å²) in [7, 11) is 0. The van der Waals surface area contributed by atoms with Crippen molar-refractivity contribution in [1.29, 1.82) is 0 Å². The van der Waals surface area contributed by atoms with E-state index in [0.29, 0.717) is 6.67 Å². The number of rotatable bonds is 7. The minimum absolute atomic E-state index is 0.00285. The largest absolute Gasteiger partial charge is 0.457 e. The fourth-order valence-electron chi connectivity index (χ4n) is 8.83. The number of hydrogen-bond donors (Lipinski definition) is 0. The van der Waals surface area contributed by atoms with E-state index in [1.807, 2.05) is 6.20 Å². The van der Waals surface area contributed by atoms with Gasteiger partial charge in [0.05, 0.1) is 17.7 Å². The lowest BCUT2D eigenvalue weighted by molar-refractivity contribution is 0.480. The van der Waals surface area contributed by atoms with Crippen molar-refractivity contribution in [3.63, 3.8) is 0 Å². The Balaban J connectivity index is 1.23. The van der Waals surface area contributed by atoms with Crippen molar-refractivity contribution in [2.24, 2.45) is 0 Å². The summed E-state index contributed by atoms with van der Waals surface area (Å²) in [4.78, 5) is 9.87. The molecule has 0 spiro atoms. The van der Waals surface area contributed by atoms with E-state index in [1.54, 1.807) is 0 Å². The molecular weight excluding hydrogens is 757 g/mol. The van der Waals surface area contributed by atoms with Crippen molar-refractivity contribution < 1.29 is 4.74 Å². The van der Waals surface area contributed by atoms with Crippen LogP contribution in [0.3, 0.4) is 0 Å². The van der Waals surface area contributed by atoms with E-state index in [1.165, 1.54) is 50.0 Å². The molecule has 0 aliphatic carbocycles. The predicted octanol–water partition coefficient (Wildman–Crippen LogP) is 15.3. The molecule has 320 valence electrons. The topological polar surface area (TPSA) is 33.5 Å². The number of aromatic nitrogens is 2. The average Bonchev–Trinajstić information content (AvgIpc) is 3.81. The van der Waals surface area contributed by atoms with Crippen LogP contribution in [0.25, 0.3) is 27.6 Å². The average molecular weight is 823 g/mol. The fourth-order valence-corrected chi connectivity index (χ4v) is 8.83. The molecule has 0 bridgehead atoms. The zero-order valence-corrected chi connectivity index (χ0v) is 39.6. The Morgan fingerprint density at radius 2 is 1.15 bits per heavy atom. The molecule has 0 radical (unpaired) electrons. The molecule has 0 fully saturated rings. The van der Waals surface area contributed by atoms with Crippen molar-refractivity contribution in [2.45, 2.75) is 124 Å². The molecule has 1 aliphatic rings. The van der Waals surface area contributed by atoms with E-state index < -0.39 is 0 Å². The third kappa shape index (κ3) is 8.15. The molecule has 0 atom stereocenters. The third-order valence-corrected chi connectivity index (χ3v) is 12.7. The summed E-state index contributed by atoms with van der Waals surface area (Å²) >= 11 is 0. The molecular formula is C57H66N4O. The van der Waals surface area contributed by atoms with Gasteiger partial charge in [0.1, 0.15) is 17.3 Å². The lowest BCUT2D eigenvalue weighted by Crippen LogP contribution is -2.34. The number of ether oxygens (including phenoxy) is 1. The number of nitrogens with zero attached hydrogens (tertiary/aromatic N) is 4. The predicted molar refractivity (Wildman–Crippen MR) is 264 cm³/mol. The van der Waals surface area contributed by atoms with Gasteiger partial charge in [-0.3, -0.25) is 4.57 Å². The van der Waals surface area contributed by atoms with E-state index in [9.17, 15) is 0 Å². The highest BCUT2D eigenvalue weighted by atomic mass is 16.5. The van der Waals surface area contributed by atoms with E-state index in [4.69, 9.17) is 9.72 Å². The van der Waals surface area contributed by atoms with Crippen LogP contribution >= 0.6 is 0 Å². The lowest BCUT2D eigenvalue weighted by Gasteiger charge is -2.36. The van der Waals surface area contributed by atoms with E-state index in [-0.39, 0.29) is 27.1 Å². The van der Waals surface area contributed by atoms with Crippen LogP contribution in [0.15, 0.2) is 139 Å². The van der Waals surface area contributed by atoms with Gasteiger partial charge in [0.2, 0.25) is 0 Å². The molecule has 1 aliphatic heterocycles. The van der Waals surface area contributed by atoms with Gasteiger partial charge in [0.25, 0.3) is 0 Å². The maximum atomic E-state index is 6.97. The van der Waals surface area contributed by atoms with Crippen LogP contribution in [0.4, 0.5) is 11.4 Å². The Morgan fingerprint density at radius 1 is 0.500 bits per heavy atom. The highest BCUT2D eigenvalue weighted by Crippen LogP contribution is 2.45. The smallest absolute Gasteiger partial charge is 0.137 e. The number of hydrogen-bond acceptors (Lipinski definition) is 4. The van der Waals surface area contributed by atoms with Gasteiger partial charge >= 0.3 is 0 Å². The highest BCUT2D eigenvalue weighted by molar-refractivity contribution is 6.11. The molecule has 62 heavy (non-hydrogen) atoms. The molecule has 5 nitrogen and oxygen atoms in total. The summed E-state index contributed by atoms with van der Waals surface area (Å²) < 4.78 is 9.29. The Kier molecular flexibility index (Phi) is 10.5. The van der Waals surface area contributed by atoms with Crippen LogP contribution in [-0.4, -0.2) is 16.2 Å². The number of anilines is 2. The summed E-state index contributed by atoms with van der Waals surface area (Å²) in [6, 6.07) is 44.2. The molecule has 0 saturated carbocycles. The molecule has 0 N–H and O–H groups in total. The number of fused-ring (bicyclic) bond motifs is 3. The van der Waals surface area contributed by atoms with E-state index >= 15 is 0 Å². The van der Waals surface area contributed by atoms with Gasteiger partial charge in [-0.1, -0.05) is 158 Å². The van der Waals surface area contributed by atoms with E-state index in [0.717, 1.165) is 34.0 Å². The van der Waals surface area contributed by atoms with Crippen LogP contribution in [0, 0.1) is 0 Å². The summed E-state index contributed by atoms with van der Waals surface area (Å²) in [5, 5.41) is 2.45. The first-order valence-electron chi connectivity index (χ1n) is 22.3. The van der Waals surface area contributed by atoms with Crippen molar-refractivity contribution >= 4 is 33.2 Å². The maximum Gasteiger partial charge on any atom is 0.137 e. The Labute approximate surface area is 371 Å². The molecule has 7 aromatic rings. The second-order valence-electron chi connectivity index (χ2n) is 22.0. The first-order chi connectivity index (χ1) is 29.0. The quantitative estimate of drug-likeness (QED) is 0.160. The second kappa shape index (κ2) is 15.2. The first-order valence-corrected chi connectivity index (χ1v) is 22.3. The standard InChI is InChI=1S/C57H66N4O/c1-53(2,3)39-27-28-58-51(32-39)61-48-26-19-18-25-46(48)52-47(56(10,11)12)34-45(35-49(52)61)62-44-24-20-23-42(33-44)59-36-50(57(13,14)38-21-16-15-17-22-38)60(37-59)43-30-40(54(4,5)6)29-41(31-43)55(7,8)9/h15-36H,37H2,1-14H3. The van der Waals surface area contributed by atoms with Gasteiger partial charge in [-0.25, -0.2) is 4.98 Å². The van der Waals surface area contributed by atoms with Gasteiger partial charge in [0, 0.05) is 57.8 Å². The van der Waals surface area contributed by atoms with Crippen molar-refractivity contribution in [1.82, 2.24) is 9.55 Å². The number of pyridine rings is 1. The minimum atomic E-state index is -0.276. The van der Waals surface area contributed by atoms with Crippen LogP contribution in [0.2, 0.25) is 0 Å². The van der Waals surface area contributed by atoms with Gasteiger partial charge < -0.3 is 14.5 Å². The monoisotopic (exact) mass is 823 g/mol. The van der Waals surface area contributed by atoms with Crippen molar-refractivity contribution in [3.05, 3.63) is 167 Å². The Hall–Kier alpha value is -5.81. The SMILES string of the molecule is CC(C)(C)c1cc(N2CN(c3cccc(Oc4cc(C(C)(C)C)c5c6ccccc6n(-c6cc(C(C)(C)C)ccn6)c5c4)c3)C=C2C(C)(C)c2ccccc2)cc(C(C)(C)C)c1. The first kappa shape index (κ1) is 42.9. The van der Waals surface area contributed by atoms with Crippen LogP contribution in [0.5, 0.6) is 11.5 Å². The molecule has 5 aromatic carbocycles. The zero-order valence-electron chi connectivity index (χ0n) is 39.6. The van der Waals surface area contributed by atoms with Gasteiger partial charge in [0.15, 0.2) is 0 Å². The minimum Gasteiger partial charge on any atom is -0.457 e. The Bertz CT molecular complexity index is 2780. The molecule has 0 saturated heterocycles. The highest BCUT2D eigenvalue weighted by Gasteiger charge is 2.37. The van der Waals surface area contributed by atoms with Gasteiger partial charge in [-0.15, -0.1) is 0 Å². The van der Waals surface area contributed by atoms with Crippen LogP contribution in [-0.2, 0) is 27.1 Å². The summed E-state index contributed by atoms with van der Waals surface area (Å²) in [6.07, 6.45) is 4.30. The summed E-state index contributed by atoms with van der Waals surface area (Å²) in [5.41, 5.74) is 11.7. The summed E-state index contributed by atoms with van der Waals surface area (Å²) in [5.74, 6) is 2.50. The molecule has 0 unspecified atom stereocenters. The molecule has 3 heterocycles. The molecule has 0 amide bonds. The Morgan fingerprint density at radius 3 is 1.79 bits per heavy atom. The molecule has 2 aromatic heterocycles. The molecule has 8 rings (SSSR count). The summed E-state index contributed by atoms with van der Waals surface area (Å²) in [6.45, 7) is 32.9. The number of allylic oxidation sites excluding steroid dienone is 1. The normalized spacial score (nSPS) is 14.3. The fraction of sp³-hybridized carbons (Fsp3) is 0.351. The number of para-hydroxylation sites is 1.